The van der Waals surface area contributed by atoms with Crippen LogP contribution in [-0.2, 0) is 6.18 Å². The van der Waals surface area contributed by atoms with Crippen LogP contribution >= 0.6 is 0 Å². The number of aromatic nitrogens is 2. The van der Waals surface area contributed by atoms with E-state index in [1.54, 1.807) is 19.2 Å². The van der Waals surface area contributed by atoms with Crippen molar-refractivity contribution in [2.45, 2.75) is 45.2 Å². The van der Waals surface area contributed by atoms with E-state index in [2.05, 4.69) is 9.97 Å². The maximum atomic E-state index is 12.5. The molecule has 3 N–H and O–H groups in total. The van der Waals surface area contributed by atoms with Crippen molar-refractivity contribution in [3.63, 3.8) is 0 Å². The number of halogens is 3. The minimum atomic E-state index is -4.32. The fraction of sp³-hybridized carbons (Fsp3) is 0.500. The summed E-state index contributed by atoms with van der Waals surface area (Å²) in [6.45, 7) is 2.66. The highest BCUT2D eigenvalue weighted by atomic mass is 19.4. The molecule has 0 aliphatic heterocycles. The van der Waals surface area contributed by atoms with E-state index in [0.717, 1.165) is 24.6 Å². The van der Waals surface area contributed by atoms with Crippen molar-refractivity contribution >= 4 is 0 Å². The second-order valence-electron chi connectivity index (χ2n) is 6.19. The Labute approximate surface area is 140 Å². The van der Waals surface area contributed by atoms with Gasteiger partial charge in [0.15, 0.2) is 0 Å². The van der Waals surface area contributed by atoms with Crippen LogP contribution in [0, 0.1) is 12.8 Å². The lowest BCUT2D eigenvalue weighted by Gasteiger charge is -2.18. The number of benzene rings is 1. The van der Waals surface area contributed by atoms with Crippen LogP contribution in [0.25, 0.3) is 11.3 Å². The van der Waals surface area contributed by atoms with Gasteiger partial charge >= 0.3 is 6.18 Å². The molecule has 1 aromatic heterocycles. The monoisotopic (exact) mass is 339 g/mol. The van der Waals surface area contributed by atoms with Crippen LogP contribution in [0.1, 0.15) is 43.5 Å². The number of hydrogen-bond donors (Lipinski definition) is 2. The summed E-state index contributed by atoms with van der Waals surface area (Å²) < 4.78 is 37.4. The summed E-state index contributed by atoms with van der Waals surface area (Å²) in [5, 5.41) is 0. The number of nitrogens with zero attached hydrogens (tertiary/aromatic N) is 1. The van der Waals surface area contributed by atoms with Gasteiger partial charge in [0.1, 0.15) is 5.82 Å². The van der Waals surface area contributed by atoms with Crippen LogP contribution in [0.4, 0.5) is 13.2 Å². The molecule has 6 heteroatoms. The Bertz CT molecular complexity index is 628. The quantitative estimate of drug-likeness (QED) is 0.815. The average Bonchev–Trinajstić information content (AvgIpc) is 3.02. The largest absolute Gasteiger partial charge is 0.416 e. The molecule has 1 aliphatic rings. The van der Waals surface area contributed by atoms with Gasteiger partial charge in [0.2, 0.25) is 0 Å². The molecule has 24 heavy (non-hydrogen) atoms. The van der Waals surface area contributed by atoms with Crippen molar-refractivity contribution in [3.8, 4) is 11.3 Å². The Hall–Kier alpha value is -1.82. The third-order valence-corrected chi connectivity index (χ3v) is 4.25. The first-order chi connectivity index (χ1) is 11.4. The highest BCUT2D eigenvalue weighted by Crippen LogP contribution is 2.31. The molecule has 1 aromatic carbocycles. The summed E-state index contributed by atoms with van der Waals surface area (Å²) in [4.78, 5) is 6.91. The van der Waals surface area contributed by atoms with Crippen molar-refractivity contribution in [3.05, 3.63) is 41.9 Å². The molecule has 0 saturated heterocycles. The van der Waals surface area contributed by atoms with E-state index < -0.39 is 11.7 Å². The van der Waals surface area contributed by atoms with E-state index in [-0.39, 0.29) is 0 Å². The van der Waals surface area contributed by atoms with Crippen molar-refractivity contribution in [1.82, 2.24) is 9.97 Å². The molecular formula is C18H24F3N3. The number of nitrogens with one attached hydrogen (secondary N) is 1. The van der Waals surface area contributed by atoms with Crippen molar-refractivity contribution in [2.75, 3.05) is 6.54 Å². The Balaban J connectivity index is 0.000000219. The summed E-state index contributed by atoms with van der Waals surface area (Å²) in [5.41, 5.74) is 5.82. The summed E-state index contributed by atoms with van der Waals surface area (Å²) >= 11 is 0. The van der Waals surface area contributed by atoms with E-state index in [9.17, 15) is 13.2 Å². The molecule has 1 heterocycles. The number of hydrogen-bond acceptors (Lipinski definition) is 2. The average molecular weight is 339 g/mol. The van der Waals surface area contributed by atoms with Crippen LogP contribution in [-0.4, -0.2) is 16.5 Å². The van der Waals surface area contributed by atoms with Gasteiger partial charge < -0.3 is 10.7 Å². The zero-order valence-corrected chi connectivity index (χ0v) is 13.9. The van der Waals surface area contributed by atoms with Crippen molar-refractivity contribution < 1.29 is 13.2 Å². The number of aromatic amines is 1. The number of nitrogens with two attached hydrogens (primary N) is 1. The molecule has 2 aromatic rings. The van der Waals surface area contributed by atoms with Gasteiger partial charge in [-0.25, -0.2) is 4.98 Å². The molecule has 1 saturated carbocycles. The first-order valence-electron chi connectivity index (χ1n) is 8.30. The van der Waals surface area contributed by atoms with Gasteiger partial charge in [-0.2, -0.15) is 13.2 Å². The molecule has 0 amide bonds. The smallest absolute Gasteiger partial charge is 0.348 e. The molecule has 3 rings (SSSR count). The molecule has 1 fully saturated rings. The Morgan fingerprint density at radius 2 is 1.92 bits per heavy atom. The van der Waals surface area contributed by atoms with Gasteiger partial charge in [-0.05, 0) is 44.4 Å². The molecule has 1 aliphatic carbocycles. The number of imidazole rings is 1. The Kier molecular flexibility index (Phi) is 6.43. The molecule has 132 valence electrons. The van der Waals surface area contributed by atoms with Crippen LogP contribution in [0.15, 0.2) is 30.5 Å². The molecule has 0 bridgehead atoms. The lowest BCUT2D eigenvalue weighted by Crippen LogP contribution is -2.16. The fourth-order valence-corrected chi connectivity index (χ4v) is 2.84. The highest BCUT2D eigenvalue weighted by Gasteiger charge is 2.30. The Morgan fingerprint density at radius 1 is 1.21 bits per heavy atom. The summed E-state index contributed by atoms with van der Waals surface area (Å²) in [6, 6.07) is 5.12. The third-order valence-electron chi connectivity index (χ3n) is 4.25. The lowest BCUT2D eigenvalue weighted by atomic mass is 9.90. The summed E-state index contributed by atoms with van der Waals surface area (Å²) in [5.74, 6) is 1.54. The van der Waals surface area contributed by atoms with E-state index in [4.69, 9.17) is 5.73 Å². The summed E-state index contributed by atoms with van der Waals surface area (Å²) in [7, 11) is 0. The van der Waals surface area contributed by atoms with E-state index >= 15 is 0 Å². The van der Waals surface area contributed by atoms with Gasteiger partial charge in [-0.1, -0.05) is 31.4 Å². The van der Waals surface area contributed by atoms with Crippen LogP contribution in [0.2, 0.25) is 0 Å². The lowest BCUT2D eigenvalue weighted by molar-refractivity contribution is -0.137. The number of aryl methyl sites for hydroxylation is 1. The zero-order valence-electron chi connectivity index (χ0n) is 13.9. The Morgan fingerprint density at radius 3 is 2.42 bits per heavy atom. The van der Waals surface area contributed by atoms with Gasteiger partial charge in [-0.3, -0.25) is 0 Å². The van der Waals surface area contributed by atoms with E-state index in [1.165, 1.54) is 38.2 Å². The van der Waals surface area contributed by atoms with Gasteiger partial charge in [0.05, 0.1) is 11.3 Å². The topological polar surface area (TPSA) is 54.7 Å². The minimum absolute atomic E-state index is 0.458. The van der Waals surface area contributed by atoms with Gasteiger partial charge in [0, 0.05) is 11.8 Å². The van der Waals surface area contributed by atoms with E-state index in [0.29, 0.717) is 17.1 Å². The second-order valence-corrected chi connectivity index (χ2v) is 6.19. The number of alkyl halides is 3. The SMILES string of the molecule is Cc1nc(-c2cccc(C(F)(F)F)c2)c[nH]1.NCC1CCCCC1. The normalized spacial score (nSPS) is 15.7. The predicted octanol–water partition coefficient (Wildman–Crippen LogP) is 4.93. The van der Waals surface area contributed by atoms with Gasteiger partial charge in [-0.15, -0.1) is 0 Å². The molecule has 0 unspecified atom stereocenters. The maximum absolute atomic E-state index is 12.5. The fourth-order valence-electron chi connectivity index (χ4n) is 2.84. The molecule has 0 radical (unpaired) electrons. The molecular weight excluding hydrogens is 315 g/mol. The second kappa shape index (κ2) is 8.33. The first kappa shape index (κ1) is 18.5. The molecule has 3 nitrogen and oxygen atoms in total. The van der Waals surface area contributed by atoms with Crippen molar-refractivity contribution in [2.24, 2.45) is 11.7 Å². The maximum Gasteiger partial charge on any atom is 0.416 e. The van der Waals surface area contributed by atoms with Crippen LogP contribution < -0.4 is 5.73 Å². The van der Waals surface area contributed by atoms with Gasteiger partial charge in [0.25, 0.3) is 0 Å². The molecule has 0 spiro atoms. The first-order valence-corrected chi connectivity index (χ1v) is 8.30. The summed E-state index contributed by atoms with van der Waals surface area (Å²) in [6.07, 6.45) is 4.32. The zero-order chi connectivity index (χ0) is 17.6. The number of H-pyrrole nitrogens is 1. The highest BCUT2D eigenvalue weighted by molar-refractivity contribution is 5.59. The number of rotatable bonds is 2. The van der Waals surface area contributed by atoms with Crippen LogP contribution in [0.3, 0.4) is 0 Å². The van der Waals surface area contributed by atoms with Crippen molar-refractivity contribution in [1.29, 1.82) is 0 Å². The predicted molar refractivity (Wildman–Crippen MR) is 89.4 cm³/mol. The molecule has 0 atom stereocenters. The minimum Gasteiger partial charge on any atom is -0.348 e. The third kappa shape index (κ3) is 5.37. The van der Waals surface area contributed by atoms with Crippen LogP contribution in [0.5, 0.6) is 0 Å². The van der Waals surface area contributed by atoms with E-state index in [1.807, 2.05) is 0 Å². The standard InChI is InChI=1S/C11H9F3N2.C7H15N/c1-7-15-6-10(16-7)8-3-2-4-9(5-8)11(12,13)14;8-6-7-4-2-1-3-5-7/h2-6H,1H3,(H,15,16);7H,1-6,8H2.